The third kappa shape index (κ3) is 3.93. The molecular weight excluding hydrogens is 333 g/mol. The largest absolute Gasteiger partial charge is 0.483 e. The van der Waals surface area contributed by atoms with Crippen molar-refractivity contribution in [1.82, 2.24) is 5.32 Å². The van der Waals surface area contributed by atoms with Crippen LogP contribution >= 0.6 is 0 Å². The van der Waals surface area contributed by atoms with Gasteiger partial charge in [0.05, 0.1) is 5.56 Å². The molecule has 26 heavy (non-hydrogen) atoms. The molecule has 5 heteroatoms. The highest BCUT2D eigenvalue weighted by Gasteiger charge is 2.31. The lowest BCUT2D eigenvalue weighted by Crippen LogP contribution is -2.30. The Labute approximate surface area is 152 Å². The third-order valence-electron chi connectivity index (χ3n) is 4.70. The molecule has 0 bridgehead atoms. The first kappa shape index (κ1) is 18.1. The standard InChI is InChI=1S/C21H22FNO3/c1-13-3-8-18(21-17(24)11-14(2)20(13)21)26-12-19(25)23-10-9-15-4-6-16(22)7-5-15/h3-8,14H,9-12H2,1-2H3,(H,23,25). The normalized spacial score (nSPS) is 15.7. The van der Waals surface area contributed by atoms with Gasteiger partial charge in [-0.05, 0) is 54.2 Å². The van der Waals surface area contributed by atoms with Crippen LogP contribution in [0.4, 0.5) is 4.39 Å². The van der Waals surface area contributed by atoms with E-state index >= 15 is 0 Å². The van der Waals surface area contributed by atoms with E-state index in [4.69, 9.17) is 4.74 Å². The molecule has 2 aromatic carbocycles. The van der Waals surface area contributed by atoms with E-state index in [1.54, 1.807) is 18.2 Å². The first-order chi connectivity index (χ1) is 12.5. The molecule has 1 N–H and O–H groups in total. The van der Waals surface area contributed by atoms with E-state index in [-0.39, 0.29) is 30.0 Å². The number of ketones is 1. The van der Waals surface area contributed by atoms with E-state index in [2.05, 4.69) is 5.32 Å². The van der Waals surface area contributed by atoms with Crippen LogP contribution in [0.3, 0.4) is 0 Å². The maximum atomic E-state index is 12.9. The summed E-state index contributed by atoms with van der Waals surface area (Å²) in [4.78, 5) is 24.2. The second-order valence-electron chi connectivity index (χ2n) is 6.71. The zero-order valence-corrected chi connectivity index (χ0v) is 15.0. The van der Waals surface area contributed by atoms with E-state index in [9.17, 15) is 14.0 Å². The molecule has 0 heterocycles. The summed E-state index contributed by atoms with van der Waals surface area (Å²) in [5.41, 5.74) is 3.68. The molecule has 0 aromatic heterocycles. The number of aryl methyl sites for hydroxylation is 1. The van der Waals surface area contributed by atoms with Crippen molar-refractivity contribution in [2.24, 2.45) is 0 Å². The molecule has 136 valence electrons. The fourth-order valence-corrected chi connectivity index (χ4v) is 3.42. The number of hydrogen-bond acceptors (Lipinski definition) is 3. The van der Waals surface area contributed by atoms with Gasteiger partial charge in [-0.25, -0.2) is 4.39 Å². The first-order valence-electron chi connectivity index (χ1n) is 8.76. The average Bonchev–Trinajstić information content (AvgIpc) is 2.92. The lowest BCUT2D eigenvalue weighted by atomic mass is 9.97. The summed E-state index contributed by atoms with van der Waals surface area (Å²) in [7, 11) is 0. The smallest absolute Gasteiger partial charge is 0.257 e. The van der Waals surface area contributed by atoms with Gasteiger partial charge in [0, 0.05) is 13.0 Å². The van der Waals surface area contributed by atoms with Gasteiger partial charge in [0.2, 0.25) is 0 Å². The van der Waals surface area contributed by atoms with Crippen molar-refractivity contribution >= 4 is 11.7 Å². The number of carbonyl (C=O) groups is 2. The monoisotopic (exact) mass is 355 g/mol. The van der Waals surface area contributed by atoms with Crippen molar-refractivity contribution in [3.05, 3.63) is 64.5 Å². The molecule has 0 saturated heterocycles. The summed E-state index contributed by atoms with van der Waals surface area (Å²) >= 11 is 0. The minimum Gasteiger partial charge on any atom is -0.483 e. The fraction of sp³-hybridized carbons (Fsp3) is 0.333. The highest BCUT2D eigenvalue weighted by atomic mass is 19.1. The van der Waals surface area contributed by atoms with Gasteiger partial charge in [-0.3, -0.25) is 9.59 Å². The molecule has 0 saturated carbocycles. The molecule has 0 fully saturated rings. The number of benzene rings is 2. The Morgan fingerprint density at radius 1 is 1.23 bits per heavy atom. The van der Waals surface area contributed by atoms with Crippen molar-refractivity contribution in [2.75, 3.05) is 13.2 Å². The maximum absolute atomic E-state index is 12.9. The van der Waals surface area contributed by atoms with E-state index in [0.717, 1.165) is 16.7 Å². The van der Waals surface area contributed by atoms with Crippen molar-refractivity contribution in [2.45, 2.75) is 32.6 Å². The highest BCUT2D eigenvalue weighted by Crippen LogP contribution is 2.40. The van der Waals surface area contributed by atoms with Crippen molar-refractivity contribution in [3.8, 4) is 5.75 Å². The number of carbonyl (C=O) groups excluding carboxylic acids is 2. The van der Waals surface area contributed by atoms with Gasteiger partial charge in [-0.2, -0.15) is 0 Å². The predicted molar refractivity (Wildman–Crippen MR) is 97.2 cm³/mol. The quantitative estimate of drug-likeness (QED) is 0.862. The predicted octanol–water partition coefficient (Wildman–Crippen LogP) is 3.56. The van der Waals surface area contributed by atoms with Crippen LogP contribution in [0.2, 0.25) is 0 Å². The van der Waals surface area contributed by atoms with E-state index in [0.29, 0.717) is 30.7 Å². The van der Waals surface area contributed by atoms with Crippen LogP contribution < -0.4 is 10.1 Å². The van der Waals surface area contributed by atoms with Gasteiger partial charge >= 0.3 is 0 Å². The van der Waals surface area contributed by atoms with Crippen molar-refractivity contribution < 1.29 is 18.7 Å². The molecule has 0 spiro atoms. The molecule has 1 amide bonds. The molecule has 0 radical (unpaired) electrons. The van der Waals surface area contributed by atoms with Gasteiger partial charge in [0.15, 0.2) is 12.4 Å². The minimum absolute atomic E-state index is 0.0721. The summed E-state index contributed by atoms with van der Waals surface area (Å²) in [5.74, 6) is 0.211. The van der Waals surface area contributed by atoms with Gasteiger partial charge in [0.25, 0.3) is 5.91 Å². The number of fused-ring (bicyclic) bond motifs is 1. The summed E-state index contributed by atoms with van der Waals surface area (Å²) in [6.07, 6.45) is 1.10. The van der Waals surface area contributed by atoms with Crippen molar-refractivity contribution in [3.63, 3.8) is 0 Å². The van der Waals surface area contributed by atoms with Gasteiger partial charge in [-0.15, -0.1) is 0 Å². The molecule has 1 aliphatic carbocycles. The maximum Gasteiger partial charge on any atom is 0.257 e. The van der Waals surface area contributed by atoms with Gasteiger partial charge in [0.1, 0.15) is 11.6 Å². The molecule has 1 aliphatic rings. The SMILES string of the molecule is Cc1ccc(OCC(=O)NCCc2ccc(F)cc2)c2c1C(C)CC2=O. The van der Waals surface area contributed by atoms with Crippen LogP contribution in [0, 0.1) is 12.7 Å². The Balaban J connectivity index is 1.54. The van der Waals surface area contributed by atoms with Crippen LogP contribution in [0.15, 0.2) is 36.4 Å². The number of nitrogens with one attached hydrogen (secondary N) is 1. The van der Waals surface area contributed by atoms with Crippen LogP contribution in [0.25, 0.3) is 0 Å². The van der Waals surface area contributed by atoms with Crippen LogP contribution in [0.5, 0.6) is 5.75 Å². The molecule has 1 atom stereocenters. The first-order valence-corrected chi connectivity index (χ1v) is 8.76. The van der Waals surface area contributed by atoms with Gasteiger partial charge in [-0.1, -0.05) is 25.1 Å². The van der Waals surface area contributed by atoms with Crippen molar-refractivity contribution in [1.29, 1.82) is 0 Å². The summed E-state index contributed by atoms with van der Waals surface area (Å²) in [6, 6.07) is 9.87. The number of ether oxygens (including phenoxy) is 1. The zero-order valence-electron chi connectivity index (χ0n) is 15.0. The topological polar surface area (TPSA) is 55.4 Å². The summed E-state index contributed by atoms with van der Waals surface area (Å²) < 4.78 is 18.5. The van der Waals surface area contributed by atoms with Crippen LogP contribution in [-0.4, -0.2) is 24.8 Å². The molecule has 3 rings (SSSR count). The molecule has 4 nitrogen and oxygen atoms in total. The van der Waals surface area contributed by atoms with E-state index in [1.807, 2.05) is 19.9 Å². The Bertz CT molecular complexity index is 830. The number of rotatable bonds is 6. The number of hydrogen-bond donors (Lipinski definition) is 1. The molecule has 0 aliphatic heterocycles. The number of Topliss-reactive ketones (excluding diaryl/α,β-unsaturated/α-hetero) is 1. The molecule has 2 aromatic rings. The Hall–Kier alpha value is -2.69. The summed E-state index contributed by atoms with van der Waals surface area (Å²) in [6.45, 7) is 4.32. The second kappa shape index (κ2) is 7.68. The molecular formula is C21H22FNO3. The zero-order chi connectivity index (χ0) is 18.7. The molecule has 1 unspecified atom stereocenters. The van der Waals surface area contributed by atoms with Crippen LogP contribution in [0.1, 0.15) is 46.3 Å². The van der Waals surface area contributed by atoms with Gasteiger partial charge < -0.3 is 10.1 Å². The second-order valence-corrected chi connectivity index (χ2v) is 6.71. The van der Waals surface area contributed by atoms with Crippen LogP contribution in [-0.2, 0) is 11.2 Å². The average molecular weight is 355 g/mol. The lowest BCUT2D eigenvalue weighted by molar-refractivity contribution is -0.123. The van der Waals surface area contributed by atoms with E-state index < -0.39 is 0 Å². The Morgan fingerprint density at radius 3 is 2.69 bits per heavy atom. The Kier molecular flexibility index (Phi) is 5.35. The fourth-order valence-electron chi connectivity index (χ4n) is 3.42. The Morgan fingerprint density at radius 2 is 1.96 bits per heavy atom. The van der Waals surface area contributed by atoms with E-state index in [1.165, 1.54) is 12.1 Å². The highest BCUT2D eigenvalue weighted by molar-refractivity contribution is 6.04. The lowest BCUT2D eigenvalue weighted by Gasteiger charge is -2.13. The third-order valence-corrected chi connectivity index (χ3v) is 4.70. The minimum atomic E-state index is -0.277. The number of halogens is 1. The number of amides is 1. The summed E-state index contributed by atoms with van der Waals surface area (Å²) in [5, 5.41) is 2.77.